The first kappa shape index (κ1) is 24.2. The molecule has 6 rings (SSSR count). The molecule has 3 aromatic rings. The minimum absolute atomic E-state index is 0.0162. The van der Waals surface area contributed by atoms with Gasteiger partial charge >= 0.3 is 6.01 Å². The van der Waals surface area contributed by atoms with Gasteiger partial charge in [0.05, 0.1) is 23.2 Å². The van der Waals surface area contributed by atoms with Crippen molar-refractivity contribution in [3.8, 4) is 6.01 Å². The molecule has 1 aromatic heterocycles. The molecule has 0 spiro atoms. The second kappa shape index (κ2) is 9.95. The molecular formula is C29H32ClN5O2. The molecule has 8 heteroatoms. The number of hydrogen-bond acceptors (Lipinski definition) is 7. The molecule has 7 nitrogen and oxygen atoms in total. The van der Waals surface area contributed by atoms with Crippen molar-refractivity contribution in [3.05, 3.63) is 65.3 Å². The van der Waals surface area contributed by atoms with Crippen LogP contribution < -0.4 is 14.5 Å². The standard InChI is InChI=1S/C29H32ClN5O2/c1-3-26(36)20-15-35(16-20)28-22-12-14-34(25-11-5-8-19-7-4-10-23(30)27(19)25)17-24(22)31-29(32-28)37-18-21-9-6-13-33(21)2/h3-5,7-8,10-11,20-21H,1,6,9,12-18H2,2H3. The van der Waals surface area contributed by atoms with Gasteiger partial charge in [-0.15, -0.1) is 0 Å². The minimum Gasteiger partial charge on any atom is -0.462 e. The van der Waals surface area contributed by atoms with Gasteiger partial charge in [-0.25, -0.2) is 0 Å². The molecule has 2 saturated heterocycles. The van der Waals surface area contributed by atoms with Crippen molar-refractivity contribution >= 4 is 39.7 Å². The van der Waals surface area contributed by atoms with Crippen LogP contribution in [0.1, 0.15) is 24.1 Å². The van der Waals surface area contributed by atoms with E-state index in [1.165, 1.54) is 12.5 Å². The van der Waals surface area contributed by atoms with E-state index in [0.717, 1.165) is 64.5 Å². The highest BCUT2D eigenvalue weighted by Gasteiger charge is 2.36. The van der Waals surface area contributed by atoms with Crippen molar-refractivity contribution in [1.29, 1.82) is 0 Å². The third-order valence-electron chi connectivity index (χ3n) is 8.06. The number of carbonyl (C=O) groups excluding carboxylic acids is 1. The van der Waals surface area contributed by atoms with Gasteiger partial charge in [0, 0.05) is 42.3 Å². The van der Waals surface area contributed by atoms with Crippen molar-refractivity contribution in [1.82, 2.24) is 14.9 Å². The van der Waals surface area contributed by atoms with Gasteiger partial charge in [0.25, 0.3) is 0 Å². The number of rotatable bonds is 7. The van der Waals surface area contributed by atoms with Crippen LogP contribution >= 0.6 is 11.6 Å². The lowest BCUT2D eigenvalue weighted by molar-refractivity contribution is -0.118. The zero-order valence-corrected chi connectivity index (χ0v) is 22.0. The zero-order chi connectivity index (χ0) is 25.5. The number of aromatic nitrogens is 2. The summed E-state index contributed by atoms with van der Waals surface area (Å²) in [4.78, 5) is 28.8. The Balaban J connectivity index is 1.31. The summed E-state index contributed by atoms with van der Waals surface area (Å²) >= 11 is 6.65. The van der Waals surface area contributed by atoms with Gasteiger partial charge in [0.15, 0.2) is 5.78 Å². The third-order valence-corrected chi connectivity index (χ3v) is 8.37. The second-order valence-corrected chi connectivity index (χ2v) is 10.7. The van der Waals surface area contributed by atoms with E-state index in [0.29, 0.717) is 38.3 Å². The molecule has 0 saturated carbocycles. The summed E-state index contributed by atoms with van der Waals surface area (Å²) in [6.45, 7) is 8.12. The fourth-order valence-electron chi connectivity index (χ4n) is 5.82. The predicted molar refractivity (Wildman–Crippen MR) is 148 cm³/mol. The Hall–Kier alpha value is -3.16. The van der Waals surface area contributed by atoms with Gasteiger partial charge < -0.3 is 19.4 Å². The van der Waals surface area contributed by atoms with E-state index in [1.54, 1.807) is 0 Å². The molecule has 0 amide bonds. The van der Waals surface area contributed by atoms with Crippen LogP contribution in [0.2, 0.25) is 5.02 Å². The molecule has 0 N–H and O–H groups in total. The molecule has 0 bridgehead atoms. The SMILES string of the molecule is C=CC(=O)C1CN(c2nc(OCC3CCCN3C)nc3c2CCN(c2cccc4cccc(Cl)c24)C3)C1. The maximum atomic E-state index is 12.1. The summed E-state index contributed by atoms with van der Waals surface area (Å²) in [7, 11) is 2.14. The van der Waals surface area contributed by atoms with Crippen molar-refractivity contribution in [2.24, 2.45) is 5.92 Å². The van der Waals surface area contributed by atoms with E-state index in [4.69, 9.17) is 26.3 Å². The molecule has 1 unspecified atom stereocenters. The molecule has 4 heterocycles. The van der Waals surface area contributed by atoms with E-state index in [9.17, 15) is 4.79 Å². The predicted octanol–water partition coefficient (Wildman–Crippen LogP) is 4.51. The quantitative estimate of drug-likeness (QED) is 0.427. The molecule has 3 aliphatic heterocycles. The summed E-state index contributed by atoms with van der Waals surface area (Å²) in [5, 5.41) is 2.95. The van der Waals surface area contributed by atoms with Gasteiger partial charge in [-0.2, -0.15) is 9.97 Å². The van der Waals surface area contributed by atoms with E-state index in [1.807, 2.05) is 12.1 Å². The maximum absolute atomic E-state index is 12.1. The average Bonchev–Trinajstić information content (AvgIpc) is 3.30. The highest BCUT2D eigenvalue weighted by Crippen LogP contribution is 2.38. The van der Waals surface area contributed by atoms with Crippen molar-refractivity contribution in [2.75, 3.05) is 49.6 Å². The molecule has 3 aliphatic rings. The topological polar surface area (TPSA) is 61.8 Å². The first-order valence-electron chi connectivity index (χ1n) is 13.1. The normalized spacial score (nSPS) is 20.1. The number of nitrogens with zero attached hydrogens (tertiary/aromatic N) is 5. The molecule has 37 heavy (non-hydrogen) atoms. The molecule has 2 aromatic carbocycles. The number of benzene rings is 2. The van der Waals surface area contributed by atoms with E-state index < -0.39 is 0 Å². The first-order chi connectivity index (χ1) is 18.0. The number of halogens is 1. The van der Waals surface area contributed by atoms with Gasteiger partial charge in [-0.1, -0.05) is 42.4 Å². The summed E-state index contributed by atoms with van der Waals surface area (Å²) in [6.07, 6.45) is 4.56. The Kier molecular flexibility index (Phi) is 6.51. The zero-order valence-electron chi connectivity index (χ0n) is 21.2. The minimum atomic E-state index is -0.0162. The Morgan fingerprint density at radius 1 is 1.16 bits per heavy atom. The molecule has 0 aliphatic carbocycles. The Morgan fingerprint density at radius 2 is 1.97 bits per heavy atom. The number of fused-ring (bicyclic) bond motifs is 2. The van der Waals surface area contributed by atoms with E-state index in [2.05, 4.69) is 52.6 Å². The van der Waals surface area contributed by atoms with E-state index >= 15 is 0 Å². The molecule has 0 radical (unpaired) electrons. The molecular weight excluding hydrogens is 486 g/mol. The summed E-state index contributed by atoms with van der Waals surface area (Å²) in [5.74, 6) is 0.986. The fourth-order valence-corrected chi connectivity index (χ4v) is 6.10. The molecule has 2 fully saturated rings. The lowest BCUT2D eigenvalue weighted by Crippen LogP contribution is -2.51. The summed E-state index contributed by atoms with van der Waals surface area (Å²) < 4.78 is 6.20. The largest absolute Gasteiger partial charge is 0.462 e. The smallest absolute Gasteiger partial charge is 0.318 e. The van der Waals surface area contributed by atoms with Crippen molar-refractivity contribution in [3.63, 3.8) is 0 Å². The number of ether oxygens (including phenoxy) is 1. The highest BCUT2D eigenvalue weighted by molar-refractivity contribution is 6.36. The third kappa shape index (κ3) is 4.55. The van der Waals surface area contributed by atoms with Gasteiger partial charge in [-0.3, -0.25) is 4.79 Å². The van der Waals surface area contributed by atoms with Crippen LogP contribution in [0.5, 0.6) is 6.01 Å². The molecule has 1 atom stereocenters. The lowest BCUT2D eigenvalue weighted by Gasteiger charge is -2.41. The number of allylic oxidation sites excluding steroid dienone is 1. The summed E-state index contributed by atoms with van der Waals surface area (Å²) in [5.41, 5.74) is 3.25. The second-order valence-electron chi connectivity index (χ2n) is 10.3. The first-order valence-corrected chi connectivity index (χ1v) is 13.5. The maximum Gasteiger partial charge on any atom is 0.318 e. The van der Waals surface area contributed by atoms with Gasteiger partial charge in [-0.05, 0) is 56.4 Å². The Labute approximate surface area is 222 Å². The van der Waals surface area contributed by atoms with Gasteiger partial charge in [0.1, 0.15) is 12.4 Å². The highest BCUT2D eigenvalue weighted by atomic mass is 35.5. The lowest BCUT2D eigenvalue weighted by atomic mass is 9.93. The average molecular weight is 518 g/mol. The van der Waals surface area contributed by atoms with Crippen LogP contribution in [-0.4, -0.2) is 66.5 Å². The number of carbonyl (C=O) groups is 1. The fraction of sp³-hybridized carbons (Fsp3) is 0.414. The van der Waals surface area contributed by atoms with Crippen LogP contribution in [0.4, 0.5) is 11.5 Å². The van der Waals surface area contributed by atoms with Crippen LogP contribution in [0.15, 0.2) is 49.1 Å². The number of ketones is 1. The van der Waals surface area contributed by atoms with Crippen LogP contribution in [0, 0.1) is 5.92 Å². The number of hydrogen-bond donors (Lipinski definition) is 0. The van der Waals surface area contributed by atoms with Crippen LogP contribution in [-0.2, 0) is 17.8 Å². The number of anilines is 2. The van der Waals surface area contributed by atoms with Gasteiger partial charge in [0.2, 0.25) is 0 Å². The monoisotopic (exact) mass is 517 g/mol. The number of likely N-dealkylation sites (N-methyl/N-ethyl adjacent to an activating group) is 1. The molecule has 192 valence electrons. The summed E-state index contributed by atoms with van der Waals surface area (Å²) in [6, 6.07) is 13.2. The van der Waals surface area contributed by atoms with E-state index in [-0.39, 0.29) is 11.7 Å². The van der Waals surface area contributed by atoms with Crippen LogP contribution in [0.25, 0.3) is 10.8 Å². The van der Waals surface area contributed by atoms with Crippen molar-refractivity contribution in [2.45, 2.75) is 31.8 Å². The van der Waals surface area contributed by atoms with Crippen molar-refractivity contribution < 1.29 is 9.53 Å². The Morgan fingerprint density at radius 3 is 2.73 bits per heavy atom. The van der Waals surface area contributed by atoms with Crippen LogP contribution in [0.3, 0.4) is 0 Å². The number of likely N-dealkylation sites (tertiary alicyclic amines) is 1. The Bertz CT molecular complexity index is 1350.